The second kappa shape index (κ2) is 35.0. The molecule has 2 heterocycles. The quantitative estimate of drug-likeness (QED) is 0.130. The van der Waals surface area contributed by atoms with E-state index in [1.165, 1.54) is 135 Å². The molecule has 10 aromatic rings. The molecule has 0 unspecified atom stereocenters. The van der Waals surface area contributed by atoms with Gasteiger partial charge in [-0.2, -0.15) is 18.2 Å². The zero-order chi connectivity index (χ0) is 72.0. The standard InChI is InChI=1S/2C21H23.2C14H22O.C10H11NSi.C10H9.C2H4.CH3.ClH.2Zr/c2*1-5-15-13-17-7-6-8-19(20(17)14-15)16-9-11-18(12-10-16)21(2,3)4;2*1-13(2,3)10-7-8-12(15)11(9-10)14(4,5)6;1-6-10-9-7(11-6)4-5-8(9)12(10,2)3;1-8-6-9-4-2-3-5-10(9)7-8;1-2;;;;/h2*6-14H,5H2,1-4H3;2*7-9,15H,1-6H3;4-5H,1-3H3;2-7H,1H3;1H,2H3;1H3;1H;;/q2*-1;;;;-1;;-1;;;/p-3. The van der Waals surface area contributed by atoms with Crippen LogP contribution in [0.15, 0.2) is 221 Å². The van der Waals surface area contributed by atoms with E-state index in [1.54, 1.807) is 22.5 Å². The van der Waals surface area contributed by atoms with Gasteiger partial charge in [0.25, 0.3) is 0 Å². The van der Waals surface area contributed by atoms with E-state index in [0.717, 1.165) is 24.0 Å². The molecule has 2 aliphatic heterocycles. The van der Waals surface area contributed by atoms with Crippen molar-refractivity contribution in [1.29, 1.82) is 0 Å². The van der Waals surface area contributed by atoms with E-state index in [4.69, 9.17) is 0 Å². The summed E-state index contributed by atoms with van der Waals surface area (Å²) in [5, 5.41) is 34.9. The molecule has 0 spiro atoms. The van der Waals surface area contributed by atoms with Gasteiger partial charge in [0.2, 0.25) is 0 Å². The Morgan fingerprint density at radius 2 is 0.830 bits per heavy atom. The van der Waals surface area contributed by atoms with Crippen molar-refractivity contribution in [3.8, 4) is 33.8 Å². The maximum Gasteiger partial charge on any atom is 0 e. The van der Waals surface area contributed by atoms with Crippen LogP contribution in [0.1, 0.15) is 202 Å². The van der Waals surface area contributed by atoms with Crippen molar-refractivity contribution >= 4 is 49.8 Å². The Kier molecular flexibility index (Phi) is 30.2. The molecule has 530 valence electrons. The largest absolute Gasteiger partial charge is 1.00 e. The minimum Gasteiger partial charge on any atom is -1.00 e. The number of nitrogens with zero attached hydrogens (tertiary/aromatic N) is 1. The van der Waals surface area contributed by atoms with Gasteiger partial charge in [-0.3, -0.25) is 4.99 Å². The van der Waals surface area contributed by atoms with Gasteiger partial charge in [0.05, 0.1) is 5.70 Å². The van der Waals surface area contributed by atoms with Crippen molar-refractivity contribution in [3.63, 3.8) is 0 Å². The molecular formula is C93H115ClNO2SiZr2-7. The van der Waals surface area contributed by atoms with E-state index in [-0.39, 0.29) is 90.0 Å². The first kappa shape index (κ1) is 86.4. The molecular weight excluding hydrogens is 1410 g/mol. The number of fused-ring (bicyclic) bond motifs is 3. The van der Waals surface area contributed by atoms with E-state index in [9.17, 15) is 10.2 Å². The normalized spacial score (nSPS) is 13.4. The molecule has 0 radical (unpaired) electrons. The van der Waals surface area contributed by atoms with Crippen LogP contribution in [-0.4, -0.2) is 17.5 Å². The third-order valence-corrected chi connectivity index (χ3v) is 22.4. The predicted octanol–water partition coefficient (Wildman–Crippen LogP) is 21.9. The summed E-state index contributed by atoms with van der Waals surface area (Å²) < 4.78 is 2.09. The third kappa shape index (κ3) is 21.6. The molecule has 0 atom stereocenters. The summed E-state index contributed by atoms with van der Waals surface area (Å²) in [4.78, 5) is 4.56. The molecule has 100 heavy (non-hydrogen) atoms. The maximum atomic E-state index is 11.7. The Balaban J connectivity index is 0.000000255. The molecule has 3 aliphatic rings. The summed E-state index contributed by atoms with van der Waals surface area (Å²) in [5.41, 5.74) is 21.0. The SMILES string of the molecule is CC(C)(C)c1ccc([O-])c(C(C)(C)C)c1.CC(C)(C)c1ccc([O-])c(C(C)(C)C)c1.CC1=NC2=CC=C3C2=C1[Si]3(C)C.CCc1cc2c(-c3ccc(C(C)(C)C)cc3)cccc2[cH-]1.CCc1cc2c(-c3ccc(C(C)(C)C)cc3)cccc2[cH-]1.C[CH]=[Zr].Cc1cc2ccccc2[cH-]1.[CH3-].[Cl-].[Zr]. The number of rotatable bonds is 4. The Morgan fingerprint density at radius 1 is 0.460 bits per heavy atom. The molecule has 0 bridgehead atoms. The van der Waals surface area contributed by atoms with Crippen LogP contribution in [-0.2, 0) is 95.8 Å². The summed E-state index contributed by atoms with van der Waals surface area (Å²) in [7, 11) is -1.17. The molecule has 0 saturated heterocycles. The number of hydrogen-bond donors (Lipinski definition) is 0. The summed E-state index contributed by atoms with van der Waals surface area (Å²) in [5.74, 6) is 0.297. The van der Waals surface area contributed by atoms with Gasteiger partial charge in [-0.05, 0) is 102 Å². The van der Waals surface area contributed by atoms with Crippen molar-refractivity contribution in [1.82, 2.24) is 0 Å². The fourth-order valence-corrected chi connectivity index (χ4v) is 16.2. The summed E-state index contributed by atoms with van der Waals surface area (Å²) in [6.45, 7) is 54.6. The molecule has 3 nitrogen and oxygen atoms in total. The van der Waals surface area contributed by atoms with E-state index in [1.807, 2.05) is 19.1 Å². The van der Waals surface area contributed by atoms with Gasteiger partial charge < -0.3 is 30.0 Å². The van der Waals surface area contributed by atoms with Gasteiger partial charge in [-0.25, -0.2) is 0 Å². The number of halogens is 1. The second-order valence-electron chi connectivity index (χ2n) is 33.3. The van der Waals surface area contributed by atoms with Gasteiger partial charge in [0.15, 0.2) is 0 Å². The van der Waals surface area contributed by atoms with Crippen molar-refractivity contribution in [2.75, 3.05) is 0 Å². The molecule has 0 amide bonds. The van der Waals surface area contributed by atoms with Crippen LogP contribution in [0.4, 0.5) is 0 Å². The first-order valence-electron chi connectivity index (χ1n) is 35.2. The van der Waals surface area contributed by atoms with E-state index in [2.05, 4.69) is 344 Å². The number of allylic oxidation sites excluding steroid dienone is 4. The van der Waals surface area contributed by atoms with E-state index >= 15 is 0 Å². The van der Waals surface area contributed by atoms with Crippen LogP contribution in [0.3, 0.4) is 0 Å². The van der Waals surface area contributed by atoms with Crippen LogP contribution in [0.5, 0.6) is 11.5 Å². The van der Waals surface area contributed by atoms with Gasteiger partial charge in [-0.1, -0.05) is 290 Å². The maximum absolute atomic E-state index is 11.7. The van der Waals surface area contributed by atoms with Crippen LogP contribution in [0, 0.1) is 14.4 Å². The topological polar surface area (TPSA) is 58.5 Å². The Hall–Kier alpha value is -6.00. The van der Waals surface area contributed by atoms with Crippen LogP contribution in [0.25, 0.3) is 54.6 Å². The third-order valence-electron chi connectivity index (χ3n) is 18.8. The van der Waals surface area contributed by atoms with E-state index < -0.39 is 8.07 Å². The molecule has 7 heteroatoms. The molecule has 0 N–H and O–H groups in total. The zero-order valence-electron chi connectivity index (χ0n) is 65.6. The minimum atomic E-state index is -1.17. The van der Waals surface area contributed by atoms with Crippen LogP contribution in [0.2, 0.25) is 13.1 Å². The monoisotopic (exact) mass is 1520 g/mol. The summed E-state index contributed by atoms with van der Waals surface area (Å²) in [6, 6.07) is 64.8. The fourth-order valence-electron chi connectivity index (χ4n) is 12.9. The molecule has 0 fully saturated rings. The van der Waals surface area contributed by atoms with Crippen molar-refractivity contribution in [2.24, 2.45) is 4.99 Å². The number of hydrogen-bond acceptors (Lipinski definition) is 3. The van der Waals surface area contributed by atoms with Gasteiger partial charge in [0.1, 0.15) is 8.07 Å². The first-order valence-corrected chi connectivity index (χ1v) is 39.6. The van der Waals surface area contributed by atoms with Crippen molar-refractivity contribution in [3.05, 3.63) is 273 Å². The number of aliphatic imine (C=N–C) groups is 1. The van der Waals surface area contributed by atoms with Gasteiger partial charge >= 0.3 is 34.9 Å². The number of benzene rings is 7. The summed E-state index contributed by atoms with van der Waals surface area (Å²) in [6.07, 6.45) is 6.63. The zero-order valence-corrected chi connectivity index (χ0v) is 72.3. The summed E-state index contributed by atoms with van der Waals surface area (Å²) >= 11 is 1.51. The van der Waals surface area contributed by atoms with Crippen LogP contribution < -0.4 is 22.6 Å². The Labute approximate surface area is 646 Å². The van der Waals surface area contributed by atoms with E-state index in [0.29, 0.717) is 0 Å². The Bertz CT molecular complexity index is 4250. The van der Waals surface area contributed by atoms with Crippen molar-refractivity contribution < 1.29 is 73.1 Å². The van der Waals surface area contributed by atoms with Crippen molar-refractivity contribution in [2.45, 2.75) is 218 Å². The average molecular weight is 1520 g/mol. The molecule has 0 aromatic heterocycles. The molecule has 0 saturated carbocycles. The second-order valence-corrected chi connectivity index (χ2v) is 39.0. The fraction of sp³-hybridized carbons (Fsp3) is 0.355. The Morgan fingerprint density at radius 3 is 1.19 bits per heavy atom. The average Bonchev–Trinajstić information content (AvgIpc) is 1.53. The van der Waals surface area contributed by atoms with Gasteiger partial charge in [-0.15, -0.1) is 121 Å². The smallest absolute Gasteiger partial charge is 0 e. The minimum absolute atomic E-state index is 0. The molecule has 10 aromatic carbocycles. The van der Waals surface area contributed by atoms with Gasteiger partial charge in [0, 0.05) is 37.5 Å². The van der Waals surface area contributed by atoms with Crippen LogP contribution >= 0.6 is 0 Å². The predicted molar refractivity (Wildman–Crippen MR) is 429 cm³/mol. The molecule has 13 rings (SSSR count). The molecule has 1 aliphatic carbocycles. The number of aryl methyl sites for hydroxylation is 3. The first-order chi connectivity index (χ1) is 45.1.